The lowest BCUT2D eigenvalue weighted by Gasteiger charge is -2.32. The Hall–Kier alpha value is -1.27. The summed E-state index contributed by atoms with van der Waals surface area (Å²) in [4.78, 5) is 2.14. The number of nitrogens with two attached hydrogens (primary N) is 1. The van der Waals surface area contributed by atoms with Crippen LogP contribution in [0.15, 0.2) is 23.1 Å². The SMILES string of the molecule is CN(C)C(C)(C)COc1cccc(S(C)(=O)=O)c1N. The van der Waals surface area contributed by atoms with Gasteiger partial charge in [0, 0.05) is 11.8 Å². The van der Waals surface area contributed by atoms with Crippen LogP contribution in [0, 0.1) is 0 Å². The van der Waals surface area contributed by atoms with Gasteiger partial charge in [0.1, 0.15) is 12.4 Å². The van der Waals surface area contributed by atoms with Gasteiger partial charge in [-0.1, -0.05) is 6.07 Å². The zero-order valence-electron chi connectivity index (χ0n) is 12.1. The van der Waals surface area contributed by atoms with E-state index in [1.165, 1.54) is 6.07 Å². The molecule has 0 atom stereocenters. The van der Waals surface area contributed by atoms with Crippen LogP contribution in [0.3, 0.4) is 0 Å². The molecule has 0 saturated carbocycles. The van der Waals surface area contributed by atoms with Crippen molar-refractivity contribution in [2.45, 2.75) is 24.3 Å². The predicted molar refractivity (Wildman–Crippen MR) is 77.2 cm³/mol. The molecule has 0 aliphatic heterocycles. The van der Waals surface area contributed by atoms with Crippen LogP contribution in [0.2, 0.25) is 0 Å². The highest BCUT2D eigenvalue weighted by molar-refractivity contribution is 7.90. The standard InChI is InChI=1S/C13H22N2O3S/c1-13(2,15(3)4)9-18-10-7-6-8-11(12(10)14)19(5,16)17/h6-8H,9,14H2,1-5H3. The molecule has 1 aromatic rings. The highest BCUT2D eigenvalue weighted by atomic mass is 32.2. The molecule has 0 fully saturated rings. The van der Waals surface area contributed by atoms with E-state index in [-0.39, 0.29) is 16.1 Å². The second kappa shape index (κ2) is 5.38. The van der Waals surface area contributed by atoms with Crippen LogP contribution < -0.4 is 10.5 Å². The molecule has 0 aromatic heterocycles. The highest BCUT2D eigenvalue weighted by Gasteiger charge is 2.22. The molecule has 0 heterocycles. The van der Waals surface area contributed by atoms with Crippen LogP contribution in [0.1, 0.15) is 13.8 Å². The average Bonchev–Trinajstić information content (AvgIpc) is 2.25. The van der Waals surface area contributed by atoms with Gasteiger partial charge in [0.25, 0.3) is 0 Å². The molecule has 0 aliphatic carbocycles. The number of benzene rings is 1. The molecule has 0 unspecified atom stereocenters. The molecule has 1 aromatic carbocycles. The number of anilines is 1. The van der Waals surface area contributed by atoms with E-state index in [1.54, 1.807) is 12.1 Å². The lowest BCUT2D eigenvalue weighted by atomic mass is 10.1. The largest absolute Gasteiger partial charge is 0.489 e. The summed E-state index contributed by atoms with van der Waals surface area (Å²) < 4.78 is 28.8. The topological polar surface area (TPSA) is 72.6 Å². The zero-order valence-corrected chi connectivity index (χ0v) is 12.9. The Bertz CT molecular complexity index is 551. The van der Waals surface area contributed by atoms with Crippen LogP contribution in [-0.4, -0.2) is 45.8 Å². The van der Waals surface area contributed by atoms with Crippen molar-refractivity contribution in [3.8, 4) is 5.75 Å². The lowest BCUT2D eigenvalue weighted by molar-refractivity contribution is 0.114. The third-order valence-corrected chi connectivity index (χ3v) is 4.37. The van der Waals surface area contributed by atoms with Gasteiger partial charge in [-0.3, -0.25) is 0 Å². The normalized spacial score (nSPS) is 12.7. The van der Waals surface area contributed by atoms with E-state index in [4.69, 9.17) is 10.5 Å². The molecule has 19 heavy (non-hydrogen) atoms. The summed E-state index contributed by atoms with van der Waals surface area (Å²) in [5, 5.41) is 0. The summed E-state index contributed by atoms with van der Waals surface area (Å²) in [6.45, 7) is 4.48. The summed E-state index contributed by atoms with van der Waals surface area (Å²) in [5.41, 5.74) is 5.85. The van der Waals surface area contributed by atoms with Crippen LogP contribution in [0.4, 0.5) is 5.69 Å². The minimum atomic E-state index is -3.34. The monoisotopic (exact) mass is 286 g/mol. The maximum absolute atomic E-state index is 11.6. The van der Waals surface area contributed by atoms with Crippen molar-refractivity contribution in [3.63, 3.8) is 0 Å². The quantitative estimate of drug-likeness (QED) is 0.828. The average molecular weight is 286 g/mol. The third kappa shape index (κ3) is 3.84. The first-order valence-corrected chi connectivity index (χ1v) is 7.83. The fourth-order valence-electron chi connectivity index (χ4n) is 1.36. The van der Waals surface area contributed by atoms with Crippen molar-refractivity contribution in [1.29, 1.82) is 0 Å². The molecule has 6 heteroatoms. The molecule has 108 valence electrons. The smallest absolute Gasteiger partial charge is 0.177 e. The maximum atomic E-state index is 11.6. The Morgan fingerprint density at radius 2 is 1.89 bits per heavy atom. The summed E-state index contributed by atoms with van der Waals surface area (Å²) >= 11 is 0. The second-order valence-corrected chi connectivity index (χ2v) is 7.42. The number of likely N-dealkylation sites (N-methyl/N-ethyl adjacent to an activating group) is 1. The van der Waals surface area contributed by atoms with Gasteiger partial charge in [0.05, 0.1) is 10.6 Å². The minimum absolute atomic E-state index is 0.104. The van der Waals surface area contributed by atoms with Crippen molar-refractivity contribution < 1.29 is 13.2 Å². The van der Waals surface area contributed by atoms with Crippen molar-refractivity contribution in [3.05, 3.63) is 18.2 Å². The molecular formula is C13H22N2O3S. The first-order chi connectivity index (χ1) is 8.55. The number of rotatable bonds is 5. The summed E-state index contributed by atoms with van der Waals surface area (Å²) in [6.07, 6.45) is 1.13. The van der Waals surface area contributed by atoms with Crippen molar-refractivity contribution >= 4 is 15.5 Å². The Balaban J connectivity index is 2.99. The van der Waals surface area contributed by atoms with Crippen LogP contribution in [0.5, 0.6) is 5.75 Å². The molecule has 0 amide bonds. The summed E-state index contributed by atoms with van der Waals surface area (Å²) in [7, 11) is 0.574. The fraction of sp³-hybridized carbons (Fsp3) is 0.538. The van der Waals surface area contributed by atoms with E-state index in [1.807, 2.05) is 32.8 Å². The van der Waals surface area contributed by atoms with Gasteiger partial charge < -0.3 is 15.4 Å². The molecule has 5 nitrogen and oxygen atoms in total. The first-order valence-electron chi connectivity index (χ1n) is 5.94. The Morgan fingerprint density at radius 3 is 2.37 bits per heavy atom. The number of hydrogen-bond donors (Lipinski definition) is 1. The zero-order chi connectivity index (χ0) is 14.8. The van der Waals surface area contributed by atoms with Gasteiger partial charge >= 0.3 is 0 Å². The first kappa shape index (κ1) is 15.8. The van der Waals surface area contributed by atoms with E-state index >= 15 is 0 Å². The van der Waals surface area contributed by atoms with Crippen molar-refractivity contribution in [1.82, 2.24) is 4.90 Å². The Labute approximate surface area is 115 Å². The van der Waals surface area contributed by atoms with Gasteiger partial charge in [-0.25, -0.2) is 8.42 Å². The van der Waals surface area contributed by atoms with Gasteiger partial charge in [0.2, 0.25) is 0 Å². The minimum Gasteiger partial charge on any atom is -0.489 e. The molecular weight excluding hydrogens is 264 g/mol. The van der Waals surface area contributed by atoms with Gasteiger partial charge in [-0.2, -0.15) is 0 Å². The Morgan fingerprint density at radius 1 is 1.32 bits per heavy atom. The third-order valence-electron chi connectivity index (χ3n) is 3.22. The Kier molecular flexibility index (Phi) is 4.47. The van der Waals surface area contributed by atoms with Crippen molar-refractivity contribution in [2.24, 2.45) is 0 Å². The van der Waals surface area contributed by atoms with E-state index in [2.05, 4.69) is 0 Å². The van der Waals surface area contributed by atoms with E-state index in [0.29, 0.717) is 12.4 Å². The molecule has 1 rings (SSSR count). The molecule has 0 bridgehead atoms. The fourth-order valence-corrected chi connectivity index (χ4v) is 2.18. The number of para-hydroxylation sites is 1. The number of ether oxygens (including phenoxy) is 1. The summed E-state index contributed by atoms with van der Waals surface area (Å²) in [6, 6.07) is 4.79. The summed E-state index contributed by atoms with van der Waals surface area (Å²) in [5.74, 6) is 0.401. The maximum Gasteiger partial charge on any atom is 0.177 e. The van der Waals surface area contributed by atoms with E-state index in [9.17, 15) is 8.42 Å². The van der Waals surface area contributed by atoms with Crippen LogP contribution in [0.25, 0.3) is 0 Å². The molecule has 0 aliphatic rings. The van der Waals surface area contributed by atoms with Gasteiger partial charge in [-0.15, -0.1) is 0 Å². The number of nitrogens with zero attached hydrogens (tertiary/aromatic N) is 1. The molecule has 0 radical (unpaired) electrons. The van der Waals surface area contributed by atoms with E-state index < -0.39 is 9.84 Å². The molecule has 2 N–H and O–H groups in total. The molecule has 0 saturated heterocycles. The molecule has 0 spiro atoms. The van der Waals surface area contributed by atoms with Crippen LogP contribution in [-0.2, 0) is 9.84 Å². The van der Waals surface area contributed by atoms with Gasteiger partial charge in [0.15, 0.2) is 9.84 Å². The number of sulfone groups is 1. The lowest BCUT2D eigenvalue weighted by Crippen LogP contribution is -2.43. The van der Waals surface area contributed by atoms with Crippen molar-refractivity contribution in [2.75, 3.05) is 32.7 Å². The second-order valence-electron chi connectivity index (χ2n) is 5.44. The van der Waals surface area contributed by atoms with E-state index in [0.717, 1.165) is 6.26 Å². The van der Waals surface area contributed by atoms with Gasteiger partial charge in [-0.05, 0) is 40.1 Å². The van der Waals surface area contributed by atoms with Crippen LogP contribution >= 0.6 is 0 Å². The number of hydrogen-bond acceptors (Lipinski definition) is 5. The number of nitrogen functional groups attached to an aromatic ring is 1. The highest BCUT2D eigenvalue weighted by Crippen LogP contribution is 2.29. The predicted octanol–water partition coefficient (Wildman–Crippen LogP) is 1.39.